The van der Waals surface area contributed by atoms with Gasteiger partial charge in [0.15, 0.2) is 22.5 Å². The number of carbonyl (C=O) groups is 2. The van der Waals surface area contributed by atoms with Gasteiger partial charge in [0.25, 0.3) is 0 Å². The van der Waals surface area contributed by atoms with E-state index < -0.39 is 5.97 Å². The molecule has 0 unspecified atom stereocenters. The fourth-order valence-corrected chi connectivity index (χ4v) is 5.37. The molecule has 0 aliphatic carbocycles. The molecule has 2 heterocycles. The molecule has 192 valence electrons. The average molecular weight is 559 g/mol. The summed E-state index contributed by atoms with van der Waals surface area (Å²) < 4.78 is 17.4. The van der Waals surface area contributed by atoms with Crippen LogP contribution in [0.4, 0.5) is 5.00 Å². The first kappa shape index (κ1) is 26.5. The third-order valence-electron chi connectivity index (χ3n) is 5.40. The van der Waals surface area contributed by atoms with E-state index in [1.54, 1.807) is 42.4 Å². The Labute approximate surface area is 226 Å². The number of anilines is 1. The predicted octanol–water partition coefficient (Wildman–Crippen LogP) is 5.40. The number of methoxy groups -OCH3 is 3. The second kappa shape index (κ2) is 11.7. The van der Waals surface area contributed by atoms with Gasteiger partial charge >= 0.3 is 5.97 Å². The van der Waals surface area contributed by atoms with Crippen LogP contribution >= 0.6 is 34.7 Å². The zero-order chi connectivity index (χ0) is 26.5. The number of hydrogen-bond donors (Lipinski definition) is 1. The number of halogens is 1. The highest BCUT2D eigenvalue weighted by Crippen LogP contribution is 2.37. The molecule has 0 aliphatic rings. The van der Waals surface area contributed by atoms with Crippen LogP contribution in [0, 0.1) is 0 Å². The Bertz CT molecular complexity index is 1440. The van der Waals surface area contributed by atoms with E-state index in [4.69, 9.17) is 25.8 Å². The standard InChI is InChI=1S/C25H23ClN4O5S2/c1-30-22(15-7-10-18(33-2)19(11-15)34-3)28-29-25(30)37-13-20(31)27-23-21(24(32)35-4)17(12-36-23)14-5-8-16(26)9-6-14/h5-12H,13H2,1-4H3,(H,27,31). The molecular formula is C25H23ClN4O5S2. The van der Waals surface area contributed by atoms with Crippen LogP contribution in [-0.2, 0) is 16.6 Å². The fourth-order valence-electron chi connectivity index (χ4n) is 3.56. The van der Waals surface area contributed by atoms with E-state index in [0.29, 0.717) is 43.6 Å². The molecule has 1 N–H and O–H groups in total. The second-order valence-corrected chi connectivity index (χ2v) is 9.88. The maximum absolute atomic E-state index is 12.8. The zero-order valence-corrected chi connectivity index (χ0v) is 22.8. The molecule has 2 aromatic carbocycles. The minimum Gasteiger partial charge on any atom is -0.493 e. The smallest absolute Gasteiger partial charge is 0.341 e. The molecule has 0 spiro atoms. The van der Waals surface area contributed by atoms with Gasteiger partial charge in [-0.15, -0.1) is 21.5 Å². The number of ether oxygens (including phenoxy) is 3. The van der Waals surface area contributed by atoms with Crippen molar-refractivity contribution in [3.63, 3.8) is 0 Å². The number of nitrogens with one attached hydrogen (secondary N) is 1. The summed E-state index contributed by atoms with van der Waals surface area (Å²) >= 11 is 8.47. The molecule has 37 heavy (non-hydrogen) atoms. The lowest BCUT2D eigenvalue weighted by Crippen LogP contribution is -2.16. The Hall–Kier alpha value is -3.54. The quantitative estimate of drug-likeness (QED) is 0.215. The van der Waals surface area contributed by atoms with Gasteiger partial charge in [0.2, 0.25) is 5.91 Å². The molecule has 4 aromatic rings. The van der Waals surface area contributed by atoms with Crippen LogP contribution in [0.5, 0.6) is 11.5 Å². The molecule has 0 saturated heterocycles. The van der Waals surface area contributed by atoms with Crippen molar-refractivity contribution in [1.82, 2.24) is 14.8 Å². The Morgan fingerprint density at radius 1 is 1.03 bits per heavy atom. The summed E-state index contributed by atoms with van der Waals surface area (Å²) in [4.78, 5) is 25.3. The van der Waals surface area contributed by atoms with Crippen LogP contribution in [0.3, 0.4) is 0 Å². The van der Waals surface area contributed by atoms with Gasteiger partial charge < -0.3 is 24.1 Å². The van der Waals surface area contributed by atoms with Crippen LogP contribution in [0.1, 0.15) is 10.4 Å². The molecular weight excluding hydrogens is 536 g/mol. The predicted molar refractivity (Wildman–Crippen MR) is 145 cm³/mol. The SMILES string of the molecule is COC(=O)c1c(-c2ccc(Cl)cc2)csc1NC(=O)CSc1nnc(-c2ccc(OC)c(OC)c2)n1C. The first-order valence-electron chi connectivity index (χ1n) is 10.9. The van der Waals surface area contributed by atoms with Crippen LogP contribution in [0.15, 0.2) is 53.0 Å². The fraction of sp³-hybridized carbons (Fsp3) is 0.200. The normalized spacial score (nSPS) is 10.7. The van der Waals surface area contributed by atoms with E-state index in [1.165, 1.54) is 30.2 Å². The van der Waals surface area contributed by atoms with Crippen LogP contribution in [-0.4, -0.2) is 53.7 Å². The van der Waals surface area contributed by atoms with E-state index in [-0.39, 0.29) is 11.7 Å². The summed E-state index contributed by atoms with van der Waals surface area (Å²) in [5, 5.41) is 14.7. The van der Waals surface area contributed by atoms with Crippen LogP contribution < -0.4 is 14.8 Å². The third-order valence-corrected chi connectivity index (χ3v) is 7.57. The summed E-state index contributed by atoms with van der Waals surface area (Å²) in [6.07, 6.45) is 0. The number of aromatic nitrogens is 3. The number of hydrogen-bond acceptors (Lipinski definition) is 9. The summed E-state index contributed by atoms with van der Waals surface area (Å²) in [5.74, 6) is 1.03. The van der Waals surface area contributed by atoms with Gasteiger partial charge in [0, 0.05) is 28.6 Å². The van der Waals surface area contributed by atoms with Crippen molar-refractivity contribution < 1.29 is 23.8 Å². The Kier molecular flexibility index (Phi) is 8.37. The number of benzene rings is 2. The lowest BCUT2D eigenvalue weighted by Gasteiger charge is -2.10. The van der Waals surface area contributed by atoms with E-state index in [2.05, 4.69) is 15.5 Å². The van der Waals surface area contributed by atoms with Gasteiger partial charge in [0.1, 0.15) is 10.6 Å². The molecule has 0 bridgehead atoms. The molecule has 12 heteroatoms. The first-order chi connectivity index (χ1) is 17.9. The number of thiophene rings is 1. The second-order valence-electron chi connectivity index (χ2n) is 7.62. The van der Waals surface area contributed by atoms with Crippen LogP contribution in [0.2, 0.25) is 5.02 Å². The number of carbonyl (C=O) groups excluding carboxylic acids is 2. The van der Waals surface area contributed by atoms with Gasteiger partial charge in [-0.25, -0.2) is 4.79 Å². The van der Waals surface area contributed by atoms with Crippen molar-refractivity contribution in [2.45, 2.75) is 5.16 Å². The van der Waals surface area contributed by atoms with E-state index in [9.17, 15) is 9.59 Å². The summed E-state index contributed by atoms with van der Waals surface area (Å²) in [6, 6.07) is 12.6. The maximum Gasteiger partial charge on any atom is 0.341 e. The summed E-state index contributed by atoms with van der Waals surface area (Å²) in [7, 11) is 6.26. The van der Waals surface area contributed by atoms with Crippen LogP contribution in [0.25, 0.3) is 22.5 Å². The molecule has 0 fully saturated rings. The Morgan fingerprint density at radius 3 is 2.41 bits per heavy atom. The highest BCUT2D eigenvalue weighted by atomic mass is 35.5. The van der Waals surface area contributed by atoms with Crippen molar-refractivity contribution in [3.8, 4) is 34.0 Å². The minimum atomic E-state index is -0.540. The highest BCUT2D eigenvalue weighted by molar-refractivity contribution is 7.99. The van der Waals surface area contributed by atoms with E-state index >= 15 is 0 Å². The van der Waals surface area contributed by atoms with E-state index in [0.717, 1.165) is 11.1 Å². The number of esters is 1. The number of amides is 1. The molecule has 0 aliphatic heterocycles. The monoisotopic (exact) mass is 558 g/mol. The zero-order valence-electron chi connectivity index (χ0n) is 20.4. The van der Waals surface area contributed by atoms with Gasteiger partial charge in [-0.05, 0) is 35.9 Å². The molecule has 1 amide bonds. The molecule has 2 aromatic heterocycles. The number of nitrogens with zero attached hydrogens (tertiary/aromatic N) is 3. The van der Waals surface area contributed by atoms with Crippen molar-refractivity contribution >= 4 is 51.6 Å². The summed E-state index contributed by atoms with van der Waals surface area (Å²) in [6.45, 7) is 0. The lowest BCUT2D eigenvalue weighted by molar-refractivity contribution is -0.113. The molecule has 4 rings (SSSR count). The van der Waals surface area contributed by atoms with Gasteiger partial charge in [-0.3, -0.25) is 4.79 Å². The molecule has 0 atom stereocenters. The van der Waals surface area contributed by atoms with Gasteiger partial charge in [-0.2, -0.15) is 0 Å². The largest absolute Gasteiger partial charge is 0.493 e. The molecule has 9 nitrogen and oxygen atoms in total. The van der Waals surface area contributed by atoms with Gasteiger partial charge in [-0.1, -0.05) is 35.5 Å². The van der Waals surface area contributed by atoms with Crippen molar-refractivity contribution in [2.24, 2.45) is 7.05 Å². The topological polar surface area (TPSA) is 105 Å². The average Bonchev–Trinajstić information content (AvgIpc) is 3.50. The Morgan fingerprint density at radius 2 is 1.73 bits per heavy atom. The number of thioether (sulfide) groups is 1. The third kappa shape index (κ3) is 5.74. The van der Waals surface area contributed by atoms with Crippen molar-refractivity contribution in [3.05, 3.63) is 58.4 Å². The number of rotatable bonds is 9. The van der Waals surface area contributed by atoms with E-state index in [1.807, 2.05) is 31.3 Å². The molecule has 0 radical (unpaired) electrons. The molecule has 0 saturated carbocycles. The summed E-state index contributed by atoms with van der Waals surface area (Å²) in [5.41, 5.74) is 2.53. The first-order valence-corrected chi connectivity index (χ1v) is 13.1. The highest BCUT2D eigenvalue weighted by Gasteiger charge is 2.23. The minimum absolute atomic E-state index is 0.0622. The lowest BCUT2D eigenvalue weighted by atomic mass is 10.0. The van der Waals surface area contributed by atoms with Gasteiger partial charge in [0.05, 0.1) is 27.1 Å². The maximum atomic E-state index is 12.8. The van der Waals surface area contributed by atoms with Crippen molar-refractivity contribution in [2.75, 3.05) is 32.4 Å². The Balaban J connectivity index is 1.48. The van der Waals surface area contributed by atoms with Crippen molar-refractivity contribution in [1.29, 1.82) is 0 Å².